The molecule has 2 unspecified atom stereocenters. The summed E-state index contributed by atoms with van der Waals surface area (Å²) in [6.07, 6.45) is 47.4. The fourth-order valence-corrected chi connectivity index (χ4v) is 6.00. The van der Waals surface area contributed by atoms with Crippen LogP contribution in [0, 0.1) is 0 Å². The lowest BCUT2D eigenvalue weighted by Gasteiger charge is -2.27. The van der Waals surface area contributed by atoms with Gasteiger partial charge in [-0.1, -0.05) is 161 Å². The highest BCUT2D eigenvalue weighted by atomic mass is 16.4. The molecular weight excluding hydrogens is 699 g/mol. The molecule has 11 N–H and O–H groups in total. The third-order valence-electron chi connectivity index (χ3n) is 9.94. The number of guanidine groups is 2. The van der Waals surface area contributed by atoms with Crippen LogP contribution in [0.2, 0.25) is 0 Å². The number of aliphatic imine (C=N–C) groups is 1. The molecule has 0 aliphatic carbocycles. The lowest BCUT2D eigenvalue weighted by atomic mass is 10.1. The van der Waals surface area contributed by atoms with Crippen molar-refractivity contribution in [2.75, 3.05) is 19.6 Å². The van der Waals surface area contributed by atoms with E-state index in [1.807, 2.05) is 0 Å². The Morgan fingerprint density at radius 1 is 0.643 bits per heavy atom. The van der Waals surface area contributed by atoms with Crippen molar-refractivity contribution in [3.8, 4) is 0 Å². The van der Waals surface area contributed by atoms with Crippen molar-refractivity contribution in [2.45, 2.75) is 226 Å². The predicted octanol–water partition coefficient (Wildman–Crippen LogP) is 10.2. The van der Waals surface area contributed by atoms with Crippen LogP contribution in [-0.2, 0) is 4.79 Å². The summed E-state index contributed by atoms with van der Waals surface area (Å²) in [7, 11) is 0. The molecule has 0 rings (SSSR count). The van der Waals surface area contributed by atoms with E-state index in [0.29, 0.717) is 0 Å². The number of hydrazine groups is 1. The van der Waals surface area contributed by atoms with Crippen molar-refractivity contribution < 1.29 is 9.90 Å². The molecule has 11 nitrogen and oxygen atoms in total. The summed E-state index contributed by atoms with van der Waals surface area (Å²) in [6.45, 7) is 10.5. The molecule has 330 valence electrons. The summed E-state index contributed by atoms with van der Waals surface area (Å²) in [5, 5.41) is 17.6. The van der Waals surface area contributed by atoms with Gasteiger partial charge in [0.15, 0.2) is 0 Å². The minimum absolute atomic E-state index is 0.00463. The van der Waals surface area contributed by atoms with E-state index in [-0.39, 0.29) is 18.5 Å². The first-order chi connectivity index (χ1) is 27.2. The number of nitrogens with two attached hydrogens (primary N) is 4. The maximum absolute atomic E-state index is 9.73. The van der Waals surface area contributed by atoms with Crippen molar-refractivity contribution in [1.82, 2.24) is 15.9 Å². The lowest BCUT2D eigenvalue weighted by molar-refractivity contribution is -0.138. The van der Waals surface area contributed by atoms with Crippen molar-refractivity contribution in [3.05, 3.63) is 24.3 Å². The SMILES string of the molecule is CCCCCCCC/C=C\CCCCCCCCN=C(NCCCCCCCC/C=C\CCCCCCCC)NN(N=C(N)N)C(C)CC.NCC(N)C(=O)O. The molecule has 0 saturated heterocycles. The molecule has 56 heavy (non-hydrogen) atoms. The van der Waals surface area contributed by atoms with Gasteiger partial charge in [-0.05, 0) is 77.6 Å². The van der Waals surface area contributed by atoms with E-state index in [1.165, 1.54) is 167 Å². The highest BCUT2D eigenvalue weighted by molar-refractivity contribution is 5.80. The molecule has 0 aliphatic rings. The minimum atomic E-state index is -1.05. The molecule has 0 spiro atoms. The topological polar surface area (TPSA) is 193 Å². The number of nitrogens with zero attached hydrogens (tertiary/aromatic N) is 3. The van der Waals surface area contributed by atoms with Gasteiger partial charge in [-0.3, -0.25) is 15.2 Å². The summed E-state index contributed by atoms with van der Waals surface area (Å²) < 4.78 is 0. The fourth-order valence-electron chi connectivity index (χ4n) is 6.00. The molecule has 0 saturated carbocycles. The second kappa shape index (κ2) is 44.9. The van der Waals surface area contributed by atoms with E-state index in [1.54, 1.807) is 5.12 Å². The second-order valence-corrected chi connectivity index (χ2v) is 15.5. The van der Waals surface area contributed by atoms with Gasteiger partial charge in [-0.2, -0.15) is 5.12 Å². The number of hydrogen-bond donors (Lipinski definition) is 7. The van der Waals surface area contributed by atoms with Crippen LogP contribution in [0.25, 0.3) is 0 Å². The minimum Gasteiger partial charge on any atom is -0.480 e. The maximum atomic E-state index is 9.73. The number of aliphatic carboxylic acids is 1. The zero-order valence-electron chi connectivity index (χ0n) is 37.1. The second-order valence-electron chi connectivity index (χ2n) is 15.5. The molecule has 0 aromatic carbocycles. The van der Waals surface area contributed by atoms with Gasteiger partial charge in [0.1, 0.15) is 6.04 Å². The Morgan fingerprint density at radius 2 is 1.04 bits per heavy atom. The van der Waals surface area contributed by atoms with Gasteiger partial charge < -0.3 is 33.4 Å². The van der Waals surface area contributed by atoms with Crippen molar-refractivity contribution in [3.63, 3.8) is 0 Å². The van der Waals surface area contributed by atoms with Gasteiger partial charge in [-0.25, -0.2) is 0 Å². The van der Waals surface area contributed by atoms with E-state index in [9.17, 15) is 4.79 Å². The molecule has 0 radical (unpaired) electrons. The van der Waals surface area contributed by atoms with E-state index >= 15 is 0 Å². The molecule has 0 amide bonds. The van der Waals surface area contributed by atoms with Gasteiger partial charge in [0, 0.05) is 19.6 Å². The molecule has 2 atom stereocenters. The van der Waals surface area contributed by atoms with Crippen LogP contribution >= 0.6 is 0 Å². The number of carboxylic acid groups (broad SMARTS) is 1. The molecule has 0 aromatic rings. The zero-order chi connectivity index (χ0) is 41.7. The first kappa shape index (κ1) is 55.3. The largest absolute Gasteiger partial charge is 0.480 e. The third kappa shape index (κ3) is 42.4. The number of nitrogens with one attached hydrogen (secondary N) is 2. The Labute approximate surface area is 345 Å². The van der Waals surface area contributed by atoms with Crippen molar-refractivity contribution in [1.29, 1.82) is 0 Å². The lowest BCUT2D eigenvalue weighted by Crippen LogP contribution is -2.50. The van der Waals surface area contributed by atoms with Gasteiger partial charge in [0.05, 0.1) is 6.04 Å². The monoisotopic (exact) mass is 792 g/mol. The molecule has 0 aromatic heterocycles. The van der Waals surface area contributed by atoms with Gasteiger partial charge >= 0.3 is 5.97 Å². The Bertz CT molecular complexity index is 954. The Kier molecular flexibility index (Phi) is 44.4. The molecule has 11 heteroatoms. The number of rotatable bonds is 38. The average Bonchev–Trinajstić information content (AvgIpc) is 3.19. The standard InChI is InChI=1S/C42H85N7.C3H8N2O2/c1-5-8-10-12-14-16-18-20-22-24-26-28-30-32-34-36-38-45-42(48-49(40(4)7-3)47-41(43)44)46-39-37-35-33-31-29-27-25-23-21-19-17-15-13-11-9-6-2;4-1-2(5)3(6)7/h20-23,40H,5-19,24-39H2,1-4H3,(H4,43,44,47)(H2,45,46,48);2H,1,4-5H2,(H,6,7)/b22-20-,23-21-;. The third-order valence-corrected chi connectivity index (χ3v) is 9.94. The smallest absolute Gasteiger partial charge is 0.321 e. The summed E-state index contributed by atoms with van der Waals surface area (Å²) in [4.78, 5) is 14.6. The Hall–Kier alpha value is -2.79. The van der Waals surface area contributed by atoms with E-state index in [4.69, 9.17) is 33.0 Å². The normalized spacial score (nSPS) is 12.7. The number of unbranched alkanes of at least 4 members (excludes halogenated alkanes) is 24. The highest BCUT2D eigenvalue weighted by Gasteiger charge is 2.12. The maximum Gasteiger partial charge on any atom is 0.321 e. The quantitative estimate of drug-likeness (QED) is 0.0105. The molecular formula is C45H93N9O2. The first-order valence-corrected chi connectivity index (χ1v) is 23.1. The van der Waals surface area contributed by atoms with Crippen molar-refractivity contribution in [2.24, 2.45) is 33.0 Å². The van der Waals surface area contributed by atoms with Crippen LogP contribution < -0.4 is 33.7 Å². The van der Waals surface area contributed by atoms with Gasteiger partial charge in [0.25, 0.3) is 0 Å². The number of hydrazone groups is 1. The number of carbonyl (C=O) groups is 1. The van der Waals surface area contributed by atoms with Crippen LogP contribution in [-0.4, -0.2) is 59.8 Å². The van der Waals surface area contributed by atoms with E-state index < -0.39 is 12.0 Å². The van der Waals surface area contributed by atoms with Crippen LogP contribution in [0.5, 0.6) is 0 Å². The summed E-state index contributed by atoms with van der Waals surface area (Å²) in [5.41, 5.74) is 24.6. The molecule has 0 heterocycles. The Morgan fingerprint density at radius 3 is 1.39 bits per heavy atom. The predicted molar refractivity (Wildman–Crippen MR) is 244 cm³/mol. The zero-order valence-corrected chi connectivity index (χ0v) is 37.1. The summed E-state index contributed by atoms with van der Waals surface area (Å²) in [5.74, 6) is -0.234. The van der Waals surface area contributed by atoms with Crippen LogP contribution in [0.15, 0.2) is 34.4 Å². The molecule has 0 fully saturated rings. The first-order valence-electron chi connectivity index (χ1n) is 23.1. The fraction of sp³-hybridized carbons (Fsp3) is 0.844. The van der Waals surface area contributed by atoms with E-state index in [0.717, 1.165) is 38.3 Å². The average molecular weight is 792 g/mol. The summed E-state index contributed by atoms with van der Waals surface area (Å²) in [6, 6.07) is -0.759. The van der Waals surface area contributed by atoms with Crippen molar-refractivity contribution >= 4 is 17.9 Å². The Balaban J connectivity index is 0. The number of carboxylic acids is 1. The van der Waals surface area contributed by atoms with Crippen LogP contribution in [0.4, 0.5) is 0 Å². The van der Waals surface area contributed by atoms with Crippen LogP contribution in [0.3, 0.4) is 0 Å². The molecule has 0 bridgehead atoms. The number of hydrogen-bond acceptors (Lipinski definition) is 6. The number of allylic oxidation sites excluding steroid dienone is 4. The van der Waals surface area contributed by atoms with Gasteiger partial charge in [-0.15, -0.1) is 5.10 Å². The summed E-state index contributed by atoms with van der Waals surface area (Å²) >= 11 is 0. The molecule has 0 aliphatic heterocycles. The van der Waals surface area contributed by atoms with Gasteiger partial charge in [0.2, 0.25) is 11.9 Å². The van der Waals surface area contributed by atoms with Crippen LogP contribution in [0.1, 0.15) is 214 Å². The highest BCUT2D eigenvalue weighted by Crippen LogP contribution is 2.12. The van der Waals surface area contributed by atoms with E-state index in [2.05, 4.69) is 67.8 Å².